The zero-order valence-corrected chi connectivity index (χ0v) is 11.7. The molecule has 1 aromatic heterocycles. The molecule has 3 rings (SSSR count). The fraction of sp³-hybridized carbons (Fsp3) is 0.176. The van der Waals surface area contributed by atoms with Crippen LogP contribution in [0.5, 0.6) is 5.75 Å². The summed E-state index contributed by atoms with van der Waals surface area (Å²) in [5.74, 6) is 0.963. The van der Waals surface area contributed by atoms with Gasteiger partial charge in [0.1, 0.15) is 12.4 Å². The Hall–Kier alpha value is -1.80. The topological polar surface area (TPSA) is 9.23 Å². The minimum atomic E-state index is 0.651. The Balaban J connectivity index is 1.81. The Labute approximate surface area is 117 Å². The summed E-state index contributed by atoms with van der Waals surface area (Å²) in [7, 11) is 0. The Morgan fingerprint density at radius 3 is 2.53 bits per heavy atom. The third kappa shape index (κ3) is 2.64. The molecule has 1 nitrogen and oxygen atoms in total. The molecule has 0 bridgehead atoms. The van der Waals surface area contributed by atoms with Crippen LogP contribution in [-0.4, -0.2) is 0 Å². The van der Waals surface area contributed by atoms with E-state index in [1.807, 2.05) is 23.5 Å². The quantitative estimate of drug-likeness (QED) is 0.644. The highest BCUT2D eigenvalue weighted by molar-refractivity contribution is 7.11. The highest BCUT2D eigenvalue weighted by Gasteiger charge is 2.03. The SMILES string of the molecule is CCc1ccc(COc2cccc3ccccc23)s1. The van der Waals surface area contributed by atoms with Crippen molar-refractivity contribution in [3.05, 3.63) is 64.4 Å². The molecule has 0 unspecified atom stereocenters. The van der Waals surface area contributed by atoms with Gasteiger partial charge in [-0.15, -0.1) is 11.3 Å². The third-order valence-electron chi connectivity index (χ3n) is 3.19. The molecule has 19 heavy (non-hydrogen) atoms. The smallest absolute Gasteiger partial charge is 0.127 e. The highest BCUT2D eigenvalue weighted by Crippen LogP contribution is 2.27. The maximum absolute atomic E-state index is 5.97. The molecule has 2 aromatic carbocycles. The van der Waals surface area contributed by atoms with Gasteiger partial charge in [-0.05, 0) is 30.0 Å². The van der Waals surface area contributed by atoms with Crippen LogP contribution in [0.1, 0.15) is 16.7 Å². The van der Waals surface area contributed by atoms with E-state index in [2.05, 4.69) is 49.4 Å². The second-order valence-electron chi connectivity index (χ2n) is 4.49. The molecule has 0 radical (unpaired) electrons. The van der Waals surface area contributed by atoms with Crippen molar-refractivity contribution in [1.82, 2.24) is 0 Å². The van der Waals surface area contributed by atoms with Crippen LogP contribution in [0.2, 0.25) is 0 Å². The van der Waals surface area contributed by atoms with Gasteiger partial charge in [-0.2, -0.15) is 0 Å². The first kappa shape index (κ1) is 12.2. The Morgan fingerprint density at radius 1 is 0.895 bits per heavy atom. The fourth-order valence-corrected chi connectivity index (χ4v) is 3.03. The monoisotopic (exact) mass is 268 g/mol. The maximum Gasteiger partial charge on any atom is 0.127 e. The molecule has 0 saturated heterocycles. The number of fused-ring (bicyclic) bond motifs is 1. The summed E-state index contributed by atoms with van der Waals surface area (Å²) in [6, 6.07) is 18.9. The third-order valence-corrected chi connectivity index (χ3v) is 4.39. The average Bonchev–Trinajstić information content (AvgIpc) is 2.93. The molecule has 0 amide bonds. The second kappa shape index (κ2) is 5.45. The van der Waals surface area contributed by atoms with Gasteiger partial charge in [-0.1, -0.05) is 43.3 Å². The van der Waals surface area contributed by atoms with Crippen LogP contribution in [0.3, 0.4) is 0 Å². The van der Waals surface area contributed by atoms with Crippen molar-refractivity contribution in [2.75, 3.05) is 0 Å². The molecule has 96 valence electrons. The van der Waals surface area contributed by atoms with Crippen LogP contribution in [0.15, 0.2) is 54.6 Å². The molecule has 0 aliphatic rings. The van der Waals surface area contributed by atoms with E-state index in [-0.39, 0.29) is 0 Å². The predicted octanol–water partition coefficient (Wildman–Crippen LogP) is 5.04. The molecule has 0 aliphatic heterocycles. The van der Waals surface area contributed by atoms with Crippen molar-refractivity contribution in [3.8, 4) is 5.75 Å². The van der Waals surface area contributed by atoms with E-state index in [9.17, 15) is 0 Å². The van der Waals surface area contributed by atoms with E-state index < -0.39 is 0 Å². The molecule has 0 atom stereocenters. The van der Waals surface area contributed by atoms with E-state index in [0.29, 0.717) is 6.61 Å². The van der Waals surface area contributed by atoms with E-state index >= 15 is 0 Å². The standard InChI is InChI=1S/C17H16OS/c1-2-14-10-11-15(19-14)12-18-17-9-5-7-13-6-3-4-8-16(13)17/h3-11H,2,12H2,1H3. The van der Waals surface area contributed by atoms with Gasteiger partial charge in [0.05, 0.1) is 0 Å². The maximum atomic E-state index is 5.97. The van der Waals surface area contributed by atoms with Crippen molar-refractivity contribution in [2.45, 2.75) is 20.0 Å². The molecule has 0 N–H and O–H groups in total. The zero-order valence-electron chi connectivity index (χ0n) is 10.9. The first-order valence-electron chi connectivity index (χ1n) is 6.55. The van der Waals surface area contributed by atoms with E-state index in [1.165, 1.54) is 20.5 Å². The molecular weight excluding hydrogens is 252 g/mol. The lowest BCUT2D eigenvalue weighted by Crippen LogP contribution is -1.93. The zero-order chi connectivity index (χ0) is 13.1. The van der Waals surface area contributed by atoms with Gasteiger partial charge in [0, 0.05) is 15.1 Å². The van der Waals surface area contributed by atoms with Crippen molar-refractivity contribution < 1.29 is 4.74 Å². The van der Waals surface area contributed by atoms with Crippen LogP contribution >= 0.6 is 11.3 Å². The van der Waals surface area contributed by atoms with E-state index in [0.717, 1.165) is 12.2 Å². The van der Waals surface area contributed by atoms with Gasteiger partial charge < -0.3 is 4.74 Å². The number of benzene rings is 2. The summed E-state index contributed by atoms with van der Waals surface area (Å²) in [5.41, 5.74) is 0. The van der Waals surface area contributed by atoms with Gasteiger partial charge in [-0.3, -0.25) is 0 Å². The van der Waals surface area contributed by atoms with Crippen LogP contribution in [0, 0.1) is 0 Å². The minimum Gasteiger partial charge on any atom is -0.487 e. The Bertz CT molecular complexity index is 679. The fourth-order valence-electron chi connectivity index (χ4n) is 2.16. The van der Waals surface area contributed by atoms with E-state index in [1.54, 1.807) is 0 Å². The van der Waals surface area contributed by atoms with Crippen LogP contribution in [-0.2, 0) is 13.0 Å². The highest BCUT2D eigenvalue weighted by atomic mass is 32.1. The number of thiophene rings is 1. The predicted molar refractivity (Wildman–Crippen MR) is 82.0 cm³/mol. The molecule has 0 saturated carbocycles. The molecule has 0 fully saturated rings. The molecular formula is C17H16OS. The minimum absolute atomic E-state index is 0.651. The van der Waals surface area contributed by atoms with Gasteiger partial charge >= 0.3 is 0 Å². The Morgan fingerprint density at radius 2 is 1.68 bits per heavy atom. The summed E-state index contributed by atoms with van der Waals surface area (Å²) in [6.45, 7) is 2.83. The van der Waals surface area contributed by atoms with Gasteiger partial charge in [-0.25, -0.2) is 0 Å². The number of hydrogen-bond donors (Lipinski definition) is 0. The number of ether oxygens (including phenoxy) is 1. The lowest BCUT2D eigenvalue weighted by atomic mass is 10.1. The van der Waals surface area contributed by atoms with Crippen LogP contribution < -0.4 is 4.74 Å². The molecule has 0 aliphatic carbocycles. The lowest BCUT2D eigenvalue weighted by molar-refractivity contribution is 0.313. The molecule has 2 heteroatoms. The van der Waals surface area contributed by atoms with Gasteiger partial charge in [0.25, 0.3) is 0 Å². The number of hydrogen-bond acceptors (Lipinski definition) is 2. The molecule has 3 aromatic rings. The first-order valence-corrected chi connectivity index (χ1v) is 7.36. The first-order chi connectivity index (χ1) is 9.36. The number of rotatable bonds is 4. The van der Waals surface area contributed by atoms with Crippen molar-refractivity contribution >= 4 is 22.1 Å². The lowest BCUT2D eigenvalue weighted by Gasteiger charge is -2.08. The van der Waals surface area contributed by atoms with Crippen LogP contribution in [0.4, 0.5) is 0 Å². The van der Waals surface area contributed by atoms with Gasteiger partial charge in [0.15, 0.2) is 0 Å². The average molecular weight is 268 g/mol. The van der Waals surface area contributed by atoms with E-state index in [4.69, 9.17) is 4.74 Å². The largest absolute Gasteiger partial charge is 0.487 e. The summed E-state index contributed by atoms with van der Waals surface area (Å²) in [6.07, 6.45) is 1.10. The van der Waals surface area contributed by atoms with Crippen molar-refractivity contribution in [1.29, 1.82) is 0 Å². The Kier molecular flexibility index (Phi) is 3.51. The summed E-state index contributed by atoms with van der Waals surface area (Å²) in [4.78, 5) is 2.70. The molecule has 0 spiro atoms. The normalized spacial score (nSPS) is 10.8. The number of aryl methyl sites for hydroxylation is 1. The summed E-state index contributed by atoms with van der Waals surface area (Å²) in [5, 5.41) is 2.40. The molecule has 1 heterocycles. The van der Waals surface area contributed by atoms with Crippen LogP contribution in [0.25, 0.3) is 10.8 Å². The van der Waals surface area contributed by atoms with Crippen molar-refractivity contribution in [2.24, 2.45) is 0 Å². The second-order valence-corrected chi connectivity index (χ2v) is 5.74. The summed E-state index contributed by atoms with van der Waals surface area (Å²) < 4.78 is 5.97. The summed E-state index contributed by atoms with van der Waals surface area (Å²) >= 11 is 1.83. The van der Waals surface area contributed by atoms with Crippen molar-refractivity contribution in [3.63, 3.8) is 0 Å². The van der Waals surface area contributed by atoms with Gasteiger partial charge in [0.2, 0.25) is 0 Å².